The fourth-order valence-electron chi connectivity index (χ4n) is 3.12. The van der Waals surface area contributed by atoms with Gasteiger partial charge in [0, 0.05) is 29.4 Å². The van der Waals surface area contributed by atoms with Gasteiger partial charge in [0.25, 0.3) is 0 Å². The maximum Gasteiger partial charge on any atom is 0.0757 e. The van der Waals surface area contributed by atoms with Gasteiger partial charge in [0.2, 0.25) is 0 Å². The Morgan fingerprint density at radius 2 is 2.10 bits per heavy atom. The van der Waals surface area contributed by atoms with Crippen molar-refractivity contribution in [3.8, 4) is 0 Å². The predicted molar refractivity (Wildman–Crippen MR) is 91.0 cm³/mol. The Hall–Kier alpha value is -0.420. The number of hydrogen-bond donors (Lipinski definition) is 1. The second-order valence-electron chi connectivity index (χ2n) is 7.82. The van der Waals surface area contributed by atoms with E-state index in [1.165, 1.54) is 9.75 Å². The van der Waals surface area contributed by atoms with Crippen LogP contribution in [0, 0.1) is 0 Å². The molecule has 1 aliphatic rings. The first-order valence-electron chi connectivity index (χ1n) is 7.84. The van der Waals surface area contributed by atoms with Crippen molar-refractivity contribution in [1.29, 1.82) is 0 Å². The third-order valence-electron chi connectivity index (χ3n) is 3.95. The van der Waals surface area contributed by atoms with Crippen molar-refractivity contribution >= 4 is 11.3 Å². The Labute approximate surface area is 133 Å². The topological polar surface area (TPSA) is 38.5 Å². The summed E-state index contributed by atoms with van der Waals surface area (Å²) in [7, 11) is 0. The summed E-state index contributed by atoms with van der Waals surface area (Å²) in [5.74, 6) is 0. The number of ether oxygens (including phenoxy) is 1. The zero-order valence-corrected chi connectivity index (χ0v) is 15.1. The minimum absolute atomic E-state index is 0.102. The molecule has 2 heterocycles. The van der Waals surface area contributed by atoms with Crippen molar-refractivity contribution < 1.29 is 4.74 Å². The van der Waals surface area contributed by atoms with E-state index in [1.807, 2.05) is 11.3 Å². The highest BCUT2D eigenvalue weighted by Crippen LogP contribution is 2.36. The molecule has 0 amide bonds. The van der Waals surface area contributed by atoms with Crippen molar-refractivity contribution in [1.82, 2.24) is 4.90 Å². The number of morpholine rings is 1. The third kappa shape index (κ3) is 4.07. The van der Waals surface area contributed by atoms with Crippen molar-refractivity contribution in [3.05, 3.63) is 21.9 Å². The molecule has 0 aliphatic carbocycles. The Morgan fingerprint density at radius 3 is 2.57 bits per heavy atom. The van der Waals surface area contributed by atoms with Crippen LogP contribution in [0.1, 0.15) is 57.3 Å². The van der Waals surface area contributed by atoms with E-state index in [0.717, 1.165) is 13.1 Å². The Balaban J connectivity index is 2.21. The summed E-state index contributed by atoms with van der Waals surface area (Å²) in [6.45, 7) is 15.8. The minimum atomic E-state index is -0.102. The lowest BCUT2D eigenvalue weighted by Crippen LogP contribution is -2.53. The summed E-state index contributed by atoms with van der Waals surface area (Å²) in [6, 6.07) is 4.82. The van der Waals surface area contributed by atoms with Gasteiger partial charge in [0.1, 0.15) is 0 Å². The van der Waals surface area contributed by atoms with Gasteiger partial charge in [-0.25, -0.2) is 0 Å². The van der Waals surface area contributed by atoms with Gasteiger partial charge in [-0.05, 0) is 38.3 Å². The maximum atomic E-state index is 6.11. The van der Waals surface area contributed by atoms with Crippen LogP contribution in [0.15, 0.2) is 12.1 Å². The molecule has 0 radical (unpaired) electrons. The largest absolute Gasteiger partial charge is 0.370 e. The molecule has 21 heavy (non-hydrogen) atoms. The molecule has 1 aromatic heterocycles. The van der Waals surface area contributed by atoms with Gasteiger partial charge in [-0.2, -0.15) is 0 Å². The third-order valence-corrected chi connectivity index (χ3v) is 5.57. The monoisotopic (exact) mass is 310 g/mol. The van der Waals surface area contributed by atoms with Crippen LogP contribution >= 0.6 is 11.3 Å². The molecule has 2 atom stereocenters. The number of rotatable bonds is 3. The average Bonchev–Trinajstić information content (AvgIpc) is 2.76. The van der Waals surface area contributed by atoms with Crippen LogP contribution < -0.4 is 5.73 Å². The van der Waals surface area contributed by atoms with Gasteiger partial charge in [-0.3, -0.25) is 4.90 Å². The van der Waals surface area contributed by atoms with E-state index in [1.54, 1.807) is 0 Å². The van der Waals surface area contributed by atoms with E-state index in [9.17, 15) is 0 Å². The fraction of sp³-hybridized carbons (Fsp3) is 0.765. The van der Waals surface area contributed by atoms with E-state index in [4.69, 9.17) is 10.5 Å². The SMILES string of the molecule is CC1CN(C(CN)c2ccc(C(C)(C)C)s2)CC(C)(C)O1. The number of nitrogens with two attached hydrogens (primary N) is 1. The quantitative estimate of drug-likeness (QED) is 0.928. The Morgan fingerprint density at radius 1 is 1.43 bits per heavy atom. The first kappa shape index (κ1) is 16.9. The standard InChI is InChI=1S/C17H30N2OS/c1-12-10-19(11-17(5,6)20-12)13(9-18)14-7-8-15(21-14)16(2,3)4/h7-8,12-13H,9-11,18H2,1-6H3. The molecule has 120 valence electrons. The highest BCUT2D eigenvalue weighted by molar-refractivity contribution is 7.12. The summed E-state index contributed by atoms with van der Waals surface area (Å²) in [5.41, 5.74) is 6.22. The molecule has 2 rings (SSSR count). The molecule has 0 saturated carbocycles. The average molecular weight is 311 g/mol. The van der Waals surface area contributed by atoms with E-state index >= 15 is 0 Å². The van der Waals surface area contributed by atoms with Gasteiger partial charge in [-0.15, -0.1) is 11.3 Å². The molecule has 1 aromatic rings. The molecule has 1 aliphatic heterocycles. The smallest absolute Gasteiger partial charge is 0.0757 e. The maximum absolute atomic E-state index is 6.11. The molecule has 1 fully saturated rings. The van der Waals surface area contributed by atoms with Crippen LogP contribution in [0.25, 0.3) is 0 Å². The molecular formula is C17H30N2OS. The summed E-state index contributed by atoms with van der Waals surface area (Å²) < 4.78 is 6.01. The van der Waals surface area contributed by atoms with E-state index in [-0.39, 0.29) is 17.1 Å². The van der Waals surface area contributed by atoms with Crippen LogP contribution in [-0.2, 0) is 10.2 Å². The summed E-state index contributed by atoms with van der Waals surface area (Å²) in [6.07, 6.45) is 0.254. The fourth-order valence-corrected chi connectivity index (χ4v) is 4.33. The first-order valence-corrected chi connectivity index (χ1v) is 8.66. The van der Waals surface area contributed by atoms with Crippen LogP contribution in [0.5, 0.6) is 0 Å². The molecule has 1 saturated heterocycles. The highest BCUT2D eigenvalue weighted by Gasteiger charge is 2.35. The number of nitrogens with zero attached hydrogens (tertiary/aromatic N) is 1. The van der Waals surface area contributed by atoms with Crippen molar-refractivity contribution in [2.24, 2.45) is 5.73 Å². The molecule has 4 heteroatoms. The molecule has 3 nitrogen and oxygen atoms in total. The zero-order valence-electron chi connectivity index (χ0n) is 14.3. The van der Waals surface area contributed by atoms with Gasteiger partial charge in [0.05, 0.1) is 17.7 Å². The highest BCUT2D eigenvalue weighted by atomic mass is 32.1. The molecule has 2 N–H and O–H groups in total. The zero-order chi connectivity index (χ0) is 15.8. The Kier molecular flexibility index (Phi) is 4.84. The van der Waals surface area contributed by atoms with Gasteiger partial charge >= 0.3 is 0 Å². The summed E-state index contributed by atoms with van der Waals surface area (Å²) in [4.78, 5) is 5.30. The van der Waals surface area contributed by atoms with Crippen LogP contribution in [-0.4, -0.2) is 36.2 Å². The van der Waals surface area contributed by atoms with Crippen LogP contribution in [0.2, 0.25) is 0 Å². The van der Waals surface area contributed by atoms with E-state index < -0.39 is 0 Å². The van der Waals surface area contributed by atoms with E-state index in [0.29, 0.717) is 12.6 Å². The van der Waals surface area contributed by atoms with E-state index in [2.05, 4.69) is 58.6 Å². The second-order valence-corrected chi connectivity index (χ2v) is 8.94. The lowest BCUT2D eigenvalue weighted by molar-refractivity contribution is -0.137. The second kappa shape index (κ2) is 5.99. The van der Waals surface area contributed by atoms with Crippen molar-refractivity contribution in [2.45, 2.75) is 64.7 Å². The predicted octanol–water partition coefficient (Wildman–Crippen LogP) is 3.54. The van der Waals surface area contributed by atoms with Gasteiger partial charge in [0.15, 0.2) is 0 Å². The molecule has 0 aromatic carbocycles. The van der Waals surface area contributed by atoms with Crippen LogP contribution in [0.4, 0.5) is 0 Å². The van der Waals surface area contributed by atoms with Gasteiger partial charge in [-0.1, -0.05) is 20.8 Å². The lowest BCUT2D eigenvalue weighted by Gasteiger charge is -2.44. The van der Waals surface area contributed by atoms with Crippen molar-refractivity contribution in [3.63, 3.8) is 0 Å². The summed E-state index contributed by atoms with van der Waals surface area (Å²) in [5, 5.41) is 0. The normalized spacial score (nSPS) is 25.0. The molecule has 2 unspecified atom stereocenters. The minimum Gasteiger partial charge on any atom is -0.370 e. The molecule has 0 spiro atoms. The first-order chi connectivity index (χ1) is 9.62. The lowest BCUT2D eigenvalue weighted by atomic mass is 9.95. The number of thiophene rings is 1. The Bertz CT molecular complexity index is 475. The van der Waals surface area contributed by atoms with Crippen LogP contribution in [0.3, 0.4) is 0 Å². The van der Waals surface area contributed by atoms with Gasteiger partial charge < -0.3 is 10.5 Å². The van der Waals surface area contributed by atoms with Crippen molar-refractivity contribution in [2.75, 3.05) is 19.6 Å². The molecular weight excluding hydrogens is 280 g/mol. The number of hydrogen-bond acceptors (Lipinski definition) is 4. The summed E-state index contributed by atoms with van der Waals surface area (Å²) >= 11 is 1.91. The molecule has 0 bridgehead atoms.